The monoisotopic (exact) mass is 539 g/mol. The van der Waals surface area contributed by atoms with E-state index in [0.717, 1.165) is 11.1 Å². The molecule has 1 aliphatic heterocycles. The lowest BCUT2D eigenvalue weighted by Crippen LogP contribution is -2.55. The van der Waals surface area contributed by atoms with Crippen molar-refractivity contribution in [2.24, 2.45) is 17.8 Å². The van der Waals surface area contributed by atoms with Crippen molar-refractivity contribution >= 4 is 20.3 Å². The van der Waals surface area contributed by atoms with Gasteiger partial charge in [0.25, 0.3) is 0 Å². The summed E-state index contributed by atoms with van der Waals surface area (Å²) < 4.78 is 13.0. The van der Waals surface area contributed by atoms with Crippen LogP contribution in [0.15, 0.2) is 60.7 Å². The fraction of sp³-hybridized carbons (Fsp3) is 0.548. The third-order valence-electron chi connectivity index (χ3n) is 8.38. The molecule has 1 aliphatic rings. The van der Waals surface area contributed by atoms with Gasteiger partial charge in [-0.1, -0.05) is 109 Å². The minimum atomic E-state index is -2.28. The van der Waals surface area contributed by atoms with Crippen LogP contribution in [0.25, 0.3) is 0 Å². The highest BCUT2D eigenvalue weighted by atomic mass is 28.4. The van der Waals surface area contributed by atoms with Crippen LogP contribution in [0.4, 0.5) is 4.79 Å². The molecule has 1 saturated heterocycles. The standard InChI is InChI=1S/C31H45NO5Si/c1-21(2)27-31(24-16-12-10-13-17-24,25-18-14-11-15-19-25)36-29(35)32(27)28(34)23(4)26(22(3)20-33)37-38(8,9)30(5,6)7/h10-19,21-23,26-27,33H,20H2,1-9H3/t22-,23+,26-,27+/m0/s1. The lowest BCUT2D eigenvalue weighted by Gasteiger charge is -2.43. The van der Waals surface area contributed by atoms with Gasteiger partial charge in [-0.05, 0) is 24.1 Å². The minimum absolute atomic E-state index is 0.0774. The van der Waals surface area contributed by atoms with Crippen molar-refractivity contribution in [2.45, 2.75) is 84.3 Å². The maximum absolute atomic E-state index is 14.3. The first-order chi connectivity index (χ1) is 17.7. The Morgan fingerprint density at radius 1 is 1.00 bits per heavy atom. The molecule has 0 radical (unpaired) electrons. The van der Waals surface area contributed by atoms with Crippen molar-refractivity contribution in [2.75, 3.05) is 6.61 Å². The molecule has 0 aliphatic carbocycles. The average molecular weight is 540 g/mol. The number of carbonyl (C=O) groups is 2. The summed E-state index contributed by atoms with van der Waals surface area (Å²) in [5.74, 6) is -1.39. The van der Waals surface area contributed by atoms with E-state index in [-0.39, 0.29) is 29.4 Å². The zero-order valence-electron chi connectivity index (χ0n) is 24.4. The number of aliphatic hydroxyl groups is 1. The molecule has 0 aromatic heterocycles. The van der Waals surface area contributed by atoms with Crippen LogP contribution in [0.3, 0.4) is 0 Å². The zero-order valence-corrected chi connectivity index (χ0v) is 25.4. The second-order valence-electron chi connectivity index (χ2n) is 12.5. The first-order valence-electron chi connectivity index (χ1n) is 13.6. The summed E-state index contributed by atoms with van der Waals surface area (Å²) >= 11 is 0. The molecule has 2 aromatic carbocycles. The van der Waals surface area contributed by atoms with Crippen LogP contribution < -0.4 is 0 Å². The molecule has 2 aromatic rings. The molecule has 208 valence electrons. The highest BCUT2D eigenvalue weighted by Gasteiger charge is 2.60. The van der Waals surface area contributed by atoms with Crippen LogP contribution in [0.2, 0.25) is 18.1 Å². The second-order valence-corrected chi connectivity index (χ2v) is 17.3. The molecule has 2 amide bonds. The minimum Gasteiger partial charge on any atom is -0.430 e. The van der Waals surface area contributed by atoms with Gasteiger partial charge in [-0.3, -0.25) is 4.79 Å². The smallest absolute Gasteiger partial charge is 0.418 e. The van der Waals surface area contributed by atoms with E-state index in [2.05, 4.69) is 33.9 Å². The van der Waals surface area contributed by atoms with Gasteiger partial charge in [0.05, 0.1) is 18.1 Å². The van der Waals surface area contributed by atoms with E-state index >= 15 is 0 Å². The lowest BCUT2D eigenvalue weighted by atomic mass is 9.75. The Morgan fingerprint density at radius 3 is 1.87 bits per heavy atom. The molecule has 0 bridgehead atoms. The maximum Gasteiger partial charge on any atom is 0.418 e. The van der Waals surface area contributed by atoms with Crippen molar-refractivity contribution in [3.8, 4) is 0 Å². The highest BCUT2D eigenvalue weighted by Crippen LogP contribution is 2.48. The largest absolute Gasteiger partial charge is 0.430 e. The quantitative estimate of drug-likeness (QED) is 0.364. The van der Waals surface area contributed by atoms with Gasteiger partial charge in [-0.25, -0.2) is 9.69 Å². The van der Waals surface area contributed by atoms with E-state index in [1.807, 2.05) is 88.4 Å². The Bertz CT molecular complexity index is 1060. The highest BCUT2D eigenvalue weighted by molar-refractivity contribution is 6.74. The van der Waals surface area contributed by atoms with E-state index in [0.29, 0.717) is 0 Å². The summed E-state index contributed by atoms with van der Waals surface area (Å²) in [6.45, 7) is 18.3. The number of rotatable bonds is 9. The van der Waals surface area contributed by atoms with Crippen LogP contribution in [0.1, 0.15) is 59.6 Å². The fourth-order valence-electron chi connectivity index (χ4n) is 5.23. The Kier molecular flexibility index (Phi) is 8.96. The van der Waals surface area contributed by atoms with Crippen molar-refractivity contribution in [3.63, 3.8) is 0 Å². The lowest BCUT2D eigenvalue weighted by molar-refractivity contribution is -0.138. The zero-order chi connectivity index (χ0) is 28.5. The number of imide groups is 1. The van der Waals surface area contributed by atoms with Gasteiger partial charge in [0.2, 0.25) is 5.91 Å². The predicted molar refractivity (Wildman–Crippen MR) is 153 cm³/mol. The van der Waals surface area contributed by atoms with Gasteiger partial charge in [-0.15, -0.1) is 0 Å². The first-order valence-corrected chi connectivity index (χ1v) is 16.6. The Morgan fingerprint density at radius 2 is 1.47 bits per heavy atom. The maximum atomic E-state index is 14.3. The van der Waals surface area contributed by atoms with Gasteiger partial charge < -0.3 is 14.3 Å². The summed E-state index contributed by atoms with van der Waals surface area (Å²) in [7, 11) is -2.28. The summed E-state index contributed by atoms with van der Waals surface area (Å²) in [5, 5.41) is 10.0. The van der Waals surface area contributed by atoms with Crippen molar-refractivity contribution in [1.29, 1.82) is 0 Å². The van der Waals surface area contributed by atoms with Crippen molar-refractivity contribution < 1.29 is 23.9 Å². The summed E-state index contributed by atoms with van der Waals surface area (Å²) in [6.07, 6.45) is -1.20. The van der Waals surface area contributed by atoms with Gasteiger partial charge in [0.15, 0.2) is 13.9 Å². The molecule has 4 atom stereocenters. The van der Waals surface area contributed by atoms with E-state index in [9.17, 15) is 14.7 Å². The van der Waals surface area contributed by atoms with Gasteiger partial charge >= 0.3 is 6.09 Å². The SMILES string of the molecule is CC(C)[C@H]1N(C(=O)[C@H](C)[C@@H](O[Si](C)(C)C(C)(C)C)[C@@H](C)CO)C(=O)OC1(c1ccccc1)c1ccccc1. The van der Waals surface area contributed by atoms with E-state index in [4.69, 9.17) is 9.16 Å². The van der Waals surface area contributed by atoms with Crippen LogP contribution in [0, 0.1) is 17.8 Å². The van der Waals surface area contributed by atoms with Crippen LogP contribution in [-0.4, -0.2) is 49.1 Å². The normalized spacial score (nSPS) is 20.2. The predicted octanol–water partition coefficient (Wildman–Crippen LogP) is 6.59. The second kappa shape index (κ2) is 11.3. The average Bonchev–Trinajstić information content (AvgIpc) is 3.20. The number of carbonyl (C=O) groups excluding carboxylic acids is 2. The Labute approximate surface area is 229 Å². The van der Waals surface area contributed by atoms with E-state index in [1.165, 1.54) is 4.90 Å². The molecule has 7 heteroatoms. The molecule has 1 N–H and O–H groups in total. The summed E-state index contributed by atoms with van der Waals surface area (Å²) in [4.78, 5) is 29.3. The number of ether oxygens (including phenoxy) is 1. The number of amides is 2. The van der Waals surface area contributed by atoms with Crippen molar-refractivity contribution in [1.82, 2.24) is 4.90 Å². The Hall–Kier alpha value is -2.48. The topological polar surface area (TPSA) is 76.1 Å². The van der Waals surface area contributed by atoms with Crippen LogP contribution >= 0.6 is 0 Å². The molecule has 0 saturated carbocycles. The molecule has 6 nitrogen and oxygen atoms in total. The van der Waals surface area contributed by atoms with Crippen LogP contribution in [-0.2, 0) is 19.6 Å². The summed E-state index contributed by atoms with van der Waals surface area (Å²) in [5.41, 5.74) is 0.486. The molecule has 0 spiro atoms. The van der Waals surface area contributed by atoms with Gasteiger partial charge in [0, 0.05) is 23.7 Å². The van der Waals surface area contributed by atoms with Crippen molar-refractivity contribution in [3.05, 3.63) is 71.8 Å². The number of cyclic esters (lactones) is 1. The molecule has 1 fully saturated rings. The fourth-order valence-corrected chi connectivity index (χ4v) is 6.70. The molecular weight excluding hydrogens is 494 g/mol. The van der Waals surface area contributed by atoms with Crippen LogP contribution in [0.5, 0.6) is 0 Å². The number of benzene rings is 2. The molecule has 38 heavy (non-hydrogen) atoms. The van der Waals surface area contributed by atoms with Gasteiger partial charge in [-0.2, -0.15) is 0 Å². The van der Waals surface area contributed by atoms with Gasteiger partial charge in [0.1, 0.15) is 0 Å². The molecule has 0 unspecified atom stereocenters. The number of aliphatic hydroxyl groups excluding tert-OH is 1. The Balaban J connectivity index is 2.11. The first kappa shape index (κ1) is 30.1. The third kappa shape index (κ3) is 5.47. The summed E-state index contributed by atoms with van der Waals surface area (Å²) in [6, 6.07) is 18.8. The number of nitrogens with zero attached hydrogens (tertiary/aromatic N) is 1. The number of hydrogen-bond acceptors (Lipinski definition) is 5. The van der Waals surface area contributed by atoms with E-state index in [1.54, 1.807) is 0 Å². The number of hydrogen-bond donors (Lipinski definition) is 1. The molecular formula is C31H45NO5Si. The van der Waals surface area contributed by atoms with E-state index < -0.39 is 38.1 Å². The molecule has 1 heterocycles. The third-order valence-corrected chi connectivity index (χ3v) is 12.9. The molecule has 3 rings (SSSR count).